The quantitative estimate of drug-likeness (QED) is 0.624. The number of ether oxygens (including phenoxy) is 1. The molecule has 0 aromatic heterocycles. The van der Waals surface area contributed by atoms with Gasteiger partial charge in [-0.2, -0.15) is 0 Å². The Hall–Kier alpha value is -0.630. The predicted molar refractivity (Wildman–Crippen MR) is 52.6 cm³/mol. The van der Waals surface area contributed by atoms with Gasteiger partial charge in [-0.3, -0.25) is 4.79 Å². The summed E-state index contributed by atoms with van der Waals surface area (Å²) >= 11 is 0. The van der Waals surface area contributed by atoms with E-state index in [1.165, 1.54) is 0 Å². The van der Waals surface area contributed by atoms with Gasteiger partial charge in [-0.1, -0.05) is 5.57 Å². The van der Waals surface area contributed by atoms with Crippen molar-refractivity contribution in [3.63, 3.8) is 0 Å². The van der Waals surface area contributed by atoms with Crippen molar-refractivity contribution in [3.05, 3.63) is 12.2 Å². The summed E-state index contributed by atoms with van der Waals surface area (Å²) < 4.78 is 5.63. The maximum atomic E-state index is 10.9. The van der Waals surface area contributed by atoms with Crippen LogP contribution < -0.4 is 0 Å². The van der Waals surface area contributed by atoms with Crippen LogP contribution in [0.15, 0.2) is 12.2 Å². The molecule has 0 atom stereocenters. The van der Waals surface area contributed by atoms with Crippen LogP contribution in [0.5, 0.6) is 0 Å². The molecule has 0 saturated heterocycles. The van der Waals surface area contributed by atoms with E-state index < -0.39 is 0 Å². The molecule has 0 N–H and O–H groups in total. The summed E-state index contributed by atoms with van der Waals surface area (Å²) in [5.74, 6) is 0.389. The molecule has 1 saturated carbocycles. The topological polar surface area (TPSA) is 26.3 Å². The number of ketones is 1. The molecule has 13 heavy (non-hydrogen) atoms. The maximum Gasteiger partial charge on any atom is 0.133 e. The highest BCUT2D eigenvalue weighted by Gasteiger charge is 2.18. The number of Topliss-reactive ketones (excluding diaryl/α,β-unsaturated/α-hetero) is 1. The van der Waals surface area contributed by atoms with Gasteiger partial charge in [0.05, 0.1) is 12.7 Å². The molecule has 0 unspecified atom stereocenters. The molecule has 1 aliphatic rings. The molecule has 1 aliphatic carbocycles. The Morgan fingerprint density at radius 1 is 1.54 bits per heavy atom. The molecule has 0 aliphatic heterocycles. The van der Waals surface area contributed by atoms with E-state index in [0.717, 1.165) is 31.4 Å². The van der Waals surface area contributed by atoms with Gasteiger partial charge in [-0.15, -0.1) is 6.58 Å². The summed E-state index contributed by atoms with van der Waals surface area (Å²) in [4.78, 5) is 10.9. The van der Waals surface area contributed by atoms with Crippen LogP contribution in [-0.2, 0) is 9.53 Å². The van der Waals surface area contributed by atoms with E-state index in [4.69, 9.17) is 4.74 Å². The fourth-order valence-corrected chi connectivity index (χ4v) is 1.48. The number of rotatable bonds is 4. The van der Waals surface area contributed by atoms with E-state index in [2.05, 4.69) is 6.58 Å². The van der Waals surface area contributed by atoms with E-state index in [0.29, 0.717) is 24.7 Å². The Morgan fingerprint density at radius 2 is 2.15 bits per heavy atom. The zero-order chi connectivity index (χ0) is 9.68. The second-order valence-corrected chi connectivity index (χ2v) is 3.82. The minimum absolute atomic E-state index is 0.317. The first kappa shape index (κ1) is 10.5. The van der Waals surface area contributed by atoms with Gasteiger partial charge >= 0.3 is 0 Å². The third-order valence-electron chi connectivity index (χ3n) is 2.37. The lowest BCUT2D eigenvalue weighted by Gasteiger charge is -2.21. The van der Waals surface area contributed by atoms with E-state index in [1.54, 1.807) is 0 Å². The van der Waals surface area contributed by atoms with Crippen molar-refractivity contribution < 1.29 is 9.53 Å². The highest BCUT2D eigenvalue weighted by Crippen LogP contribution is 2.18. The molecule has 2 heteroatoms. The smallest absolute Gasteiger partial charge is 0.133 e. The maximum absolute atomic E-state index is 10.9. The van der Waals surface area contributed by atoms with Gasteiger partial charge in [-0.05, 0) is 26.2 Å². The molecule has 1 fully saturated rings. The van der Waals surface area contributed by atoms with Crippen LogP contribution in [0.2, 0.25) is 0 Å². The van der Waals surface area contributed by atoms with Crippen molar-refractivity contribution in [2.24, 2.45) is 0 Å². The predicted octanol–water partition coefficient (Wildman–Crippen LogP) is 2.48. The molecule has 74 valence electrons. The van der Waals surface area contributed by atoms with Crippen LogP contribution in [-0.4, -0.2) is 18.5 Å². The Labute approximate surface area is 80.0 Å². The SMILES string of the molecule is C=C(C)CCOC1CCC(=O)CC1. The van der Waals surface area contributed by atoms with Crippen molar-refractivity contribution in [2.75, 3.05) is 6.61 Å². The summed E-state index contributed by atoms with van der Waals surface area (Å²) in [5.41, 5.74) is 1.16. The van der Waals surface area contributed by atoms with Crippen molar-refractivity contribution in [3.8, 4) is 0 Å². The highest BCUT2D eigenvalue weighted by molar-refractivity contribution is 5.79. The van der Waals surface area contributed by atoms with E-state index in [1.807, 2.05) is 6.92 Å². The van der Waals surface area contributed by atoms with E-state index in [-0.39, 0.29) is 0 Å². The number of hydrogen-bond acceptors (Lipinski definition) is 2. The van der Waals surface area contributed by atoms with Crippen molar-refractivity contribution in [1.29, 1.82) is 0 Å². The minimum Gasteiger partial charge on any atom is -0.378 e. The minimum atomic E-state index is 0.317. The molecule has 0 heterocycles. The molecule has 0 spiro atoms. The van der Waals surface area contributed by atoms with Crippen LogP contribution in [0.4, 0.5) is 0 Å². The number of carbonyl (C=O) groups excluding carboxylic acids is 1. The van der Waals surface area contributed by atoms with Gasteiger partial charge in [0.25, 0.3) is 0 Å². The molecular formula is C11H18O2. The third kappa shape index (κ3) is 4.23. The Balaban J connectivity index is 2.09. The second kappa shape index (κ2) is 5.18. The fourth-order valence-electron chi connectivity index (χ4n) is 1.48. The van der Waals surface area contributed by atoms with Gasteiger partial charge in [-0.25, -0.2) is 0 Å². The van der Waals surface area contributed by atoms with Gasteiger partial charge in [0.15, 0.2) is 0 Å². The van der Waals surface area contributed by atoms with E-state index in [9.17, 15) is 4.79 Å². The van der Waals surface area contributed by atoms with Crippen LogP contribution in [0, 0.1) is 0 Å². The van der Waals surface area contributed by atoms with Crippen molar-refractivity contribution >= 4 is 5.78 Å². The van der Waals surface area contributed by atoms with Crippen LogP contribution in [0.25, 0.3) is 0 Å². The molecule has 0 aromatic carbocycles. The second-order valence-electron chi connectivity index (χ2n) is 3.82. The molecule has 0 amide bonds. The lowest BCUT2D eigenvalue weighted by atomic mass is 9.96. The van der Waals surface area contributed by atoms with Gasteiger partial charge < -0.3 is 4.74 Å². The van der Waals surface area contributed by atoms with Gasteiger partial charge in [0, 0.05) is 12.8 Å². The average Bonchev–Trinajstić information content (AvgIpc) is 2.08. The zero-order valence-corrected chi connectivity index (χ0v) is 8.34. The number of hydrogen-bond donors (Lipinski definition) is 0. The van der Waals surface area contributed by atoms with Crippen molar-refractivity contribution in [1.82, 2.24) is 0 Å². The average molecular weight is 182 g/mol. The molecule has 0 radical (unpaired) electrons. The summed E-state index contributed by atoms with van der Waals surface area (Å²) in [6.07, 6.45) is 4.49. The van der Waals surface area contributed by atoms with Crippen LogP contribution >= 0.6 is 0 Å². The first-order valence-corrected chi connectivity index (χ1v) is 4.96. The van der Waals surface area contributed by atoms with E-state index >= 15 is 0 Å². The molecule has 0 aromatic rings. The fraction of sp³-hybridized carbons (Fsp3) is 0.727. The Bertz CT molecular complexity index is 186. The zero-order valence-electron chi connectivity index (χ0n) is 8.34. The summed E-state index contributed by atoms with van der Waals surface area (Å²) in [6, 6.07) is 0. The van der Waals surface area contributed by atoms with Gasteiger partial charge in [0.2, 0.25) is 0 Å². The van der Waals surface area contributed by atoms with Crippen molar-refractivity contribution in [2.45, 2.75) is 45.1 Å². The molecule has 0 bridgehead atoms. The third-order valence-corrected chi connectivity index (χ3v) is 2.37. The standard InChI is InChI=1S/C11H18O2/c1-9(2)7-8-13-11-5-3-10(12)4-6-11/h11H,1,3-8H2,2H3. The monoisotopic (exact) mass is 182 g/mol. The molecule has 1 rings (SSSR count). The van der Waals surface area contributed by atoms with Gasteiger partial charge in [0.1, 0.15) is 5.78 Å². The number of carbonyl (C=O) groups is 1. The normalized spacial score (nSPS) is 19.0. The molecule has 2 nitrogen and oxygen atoms in total. The van der Waals surface area contributed by atoms with Crippen LogP contribution in [0.3, 0.4) is 0 Å². The first-order valence-electron chi connectivity index (χ1n) is 4.96. The van der Waals surface area contributed by atoms with Crippen LogP contribution in [0.1, 0.15) is 39.0 Å². The first-order chi connectivity index (χ1) is 6.18. The summed E-state index contributed by atoms with van der Waals surface area (Å²) in [6.45, 7) is 6.58. The summed E-state index contributed by atoms with van der Waals surface area (Å²) in [7, 11) is 0. The largest absolute Gasteiger partial charge is 0.378 e. The molecular weight excluding hydrogens is 164 g/mol. The Kier molecular flexibility index (Phi) is 4.16. The lowest BCUT2D eigenvalue weighted by Crippen LogP contribution is -2.21. The summed E-state index contributed by atoms with van der Waals surface area (Å²) in [5, 5.41) is 0. The highest BCUT2D eigenvalue weighted by atomic mass is 16.5. The lowest BCUT2D eigenvalue weighted by molar-refractivity contribution is -0.122. The Morgan fingerprint density at radius 3 is 2.69 bits per heavy atom.